The second kappa shape index (κ2) is 6.87. The van der Waals surface area contributed by atoms with Crippen LogP contribution in [0.3, 0.4) is 0 Å². The van der Waals surface area contributed by atoms with Crippen LogP contribution in [-0.4, -0.2) is 42.5 Å². The van der Waals surface area contributed by atoms with Gasteiger partial charge in [-0.1, -0.05) is 6.42 Å². The Labute approximate surface area is 115 Å². The zero-order chi connectivity index (χ0) is 13.0. The maximum atomic E-state index is 12.4. The molecule has 0 spiro atoms. The lowest BCUT2D eigenvalue weighted by Gasteiger charge is -2.35. The fraction of sp³-hybridized carbons (Fsp3) is 1.00. The van der Waals surface area contributed by atoms with Crippen LogP contribution in [-0.2, 0) is 9.05 Å². The topological polar surface area (TPSA) is 44.8 Å². The van der Waals surface area contributed by atoms with Crippen LogP contribution < -0.4 is 4.89 Å². The van der Waals surface area contributed by atoms with E-state index in [4.69, 9.17) is 9.05 Å². The standard InChI is InChI=1S/C12H24NO3PS/c1-11-6-9-15-17(14,16-11)18-12(2)10-13-7-4-3-5-8-13/h11-12H,3-10H2,1-2H3. The molecule has 0 amide bonds. The van der Waals surface area contributed by atoms with Crippen LogP contribution in [0.1, 0.15) is 39.5 Å². The summed E-state index contributed by atoms with van der Waals surface area (Å²) < 4.78 is 10.9. The van der Waals surface area contributed by atoms with Crippen molar-refractivity contribution in [3.63, 3.8) is 0 Å². The summed E-state index contributed by atoms with van der Waals surface area (Å²) >= 11 is 1.39. The van der Waals surface area contributed by atoms with E-state index < -0.39 is 7.15 Å². The van der Waals surface area contributed by atoms with Crippen LogP contribution in [0.4, 0.5) is 0 Å². The van der Waals surface area contributed by atoms with E-state index >= 15 is 0 Å². The first-order chi connectivity index (χ1) is 8.57. The van der Waals surface area contributed by atoms with Gasteiger partial charge in [-0.2, -0.15) is 9.05 Å². The predicted molar refractivity (Wildman–Crippen MR) is 75.4 cm³/mol. The fourth-order valence-electron chi connectivity index (χ4n) is 2.45. The number of hydrogen-bond donors (Lipinski definition) is 0. The second-order valence-corrected chi connectivity index (χ2v) is 9.62. The van der Waals surface area contributed by atoms with E-state index in [0.717, 1.165) is 13.0 Å². The Morgan fingerprint density at radius 3 is 2.78 bits per heavy atom. The average Bonchev–Trinajstić information content (AvgIpc) is 2.28. The molecule has 0 aromatic carbocycles. The maximum Gasteiger partial charge on any atom is 0.299 e. The van der Waals surface area contributed by atoms with E-state index in [9.17, 15) is 4.89 Å². The first-order valence-corrected chi connectivity index (χ1v) is 9.94. The summed E-state index contributed by atoms with van der Waals surface area (Å²) in [7, 11) is -2.90. The Kier molecular flexibility index (Phi) is 5.73. The minimum Gasteiger partial charge on any atom is -0.622 e. The van der Waals surface area contributed by atoms with E-state index in [1.807, 2.05) is 6.92 Å². The van der Waals surface area contributed by atoms with Gasteiger partial charge in [-0.25, -0.2) is 0 Å². The molecule has 2 aliphatic heterocycles. The molecule has 0 radical (unpaired) electrons. The summed E-state index contributed by atoms with van der Waals surface area (Å²) in [5.41, 5.74) is 0. The van der Waals surface area contributed by atoms with Gasteiger partial charge in [0.1, 0.15) is 6.10 Å². The van der Waals surface area contributed by atoms with E-state index in [0.29, 0.717) is 11.9 Å². The van der Waals surface area contributed by atoms with Gasteiger partial charge in [0.2, 0.25) is 0 Å². The van der Waals surface area contributed by atoms with E-state index in [1.165, 1.54) is 43.7 Å². The van der Waals surface area contributed by atoms with Crippen LogP contribution in [0.5, 0.6) is 0 Å². The molecule has 0 aliphatic carbocycles. The smallest absolute Gasteiger partial charge is 0.299 e. The van der Waals surface area contributed by atoms with Crippen LogP contribution in [0, 0.1) is 0 Å². The average molecular weight is 293 g/mol. The van der Waals surface area contributed by atoms with E-state index in [-0.39, 0.29) is 6.10 Å². The Morgan fingerprint density at radius 1 is 1.39 bits per heavy atom. The molecule has 106 valence electrons. The van der Waals surface area contributed by atoms with Crippen molar-refractivity contribution in [2.24, 2.45) is 0 Å². The lowest BCUT2D eigenvalue weighted by atomic mass is 10.1. The van der Waals surface area contributed by atoms with Crippen molar-refractivity contribution in [2.45, 2.75) is 50.9 Å². The lowest BCUT2D eigenvalue weighted by Crippen LogP contribution is -2.35. The molecular formula is C12H24NO3PS. The molecule has 2 saturated heterocycles. The number of piperidine rings is 1. The third-order valence-corrected chi connectivity index (χ3v) is 7.67. The highest BCUT2D eigenvalue weighted by Crippen LogP contribution is 2.68. The molecule has 2 rings (SSSR count). The Morgan fingerprint density at radius 2 is 2.11 bits per heavy atom. The van der Waals surface area contributed by atoms with Gasteiger partial charge < -0.3 is 9.79 Å². The number of rotatable bonds is 4. The Bertz CT molecular complexity index is 266. The van der Waals surface area contributed by atoms with Gasteiger partial charge in [0.05, 0.1) is 23.2 Å². The molecule has 0 aromatic rings. The van der Waals surface area contributed by atoms with Gasteiger partial charge >= 0.3 is 0 Å². The van der Waals surface area contributed by atoms with Crippen molar-refractivity contribution >= 4 is 18.5 Å². The van der Waals surface area contributed by atoms with Crippen molar-refractivity contribution in [1.82, 2.24) is 4.90 Å². The maximum absolute atomic E-state index is 12.4. The third-order valence-electron chi connectivity index (χ3n) is 3.36. The quantitative estimate of drug-likeness (QED) is 0.745. The summed E-state index contributed by atoms with van der Waals surface area (Å²) in [5, 5.41) is 0.291. The summed E-state index contributed by atoms with van der Waals surface area (Å²) in [5.74, 6) is 0. The molecule has 6 heteroatoms. The summed E-state index contributed by atoms with van der Waals surface area (Å²) in [6.45, 7) is 7.97. The highest BCUT2D eigenvalue weighted by atomic mass is 32.7. The van der Waals surface area contributed by atoms with Gasteiger partial charge in [0.25, 0.3) is 7.15 Å². The molecule has 0 bridgehead atoms. The summed E-state index contributed by atoms with van der Waals surface area (Å²) in [6.07, 6.45) is 4.82. The SMILES string of the molecule is CC1CCO[P+]([O-])(SC(C)CN2CCCCC2)O1. The normalized spacial score (nSPS) is 36.5. The van der Waals surface area contributed by atoms with Gasteiger partial charge in [-0.05, 0) is 39.8 Å². The predicted octanol–water partition coefficient (Wildman–Crippen LogP) is 2.46. The van der Waals surface area contributed by atoms with E-state index in [2.05, 4.69) is 11.8 Å². The molecule has 3 unspecified atom stereocenters. The van der Waals surface area contributed by atoms with Crippen molar-refractivity contribution in [3.05, 3.63) is 0 Å². The number of likely N-dealkylation sites (tertiary alicyclic amines) is 1. The molecular weight excluding hydrogens is 269 g/mol. The molecule has 18 heavy (non-hydrogen) atoms. The first kappa shape index (κ1) is 15.0. The molecule has 4 nitrogen and oxygen atoms in total. The summed E-state index contributed by atoms with van der Waals surface area (Å²) in [4.78, 5) is 14.9. The molecule has 2 heterocycles. The van der Waals surface area contributed by atoms with E-state index in [1.54, 1.807) is 0 Å². The zero-order valence-corrected chi connectivity index (χ0v) is 13.0. The molecule has 0 aromatic heterocycles. The largest absolute Gasteiger partial charge is 0.622 e. The third kappa shape index (κ3) is 4.62. The Hall–Kier alpha value is 0.620. The summed E-state index contributed by atoms with van der Waals surface area (Å²) in [6, 6.07) is 0. The molecule has 3 atom stereocenters. The Balaban J connectivity index is 1.76. The van der Waals surface area contributed by atoms with Gasteiger partial charge in [-0.15, -0.1) is 0 Å². The molecule has 0 saturated carbocycles. The number of nitrogens with zero attached hydrogens (tertiary/aromatic N) is 1. The highest BCUT2D eigenvalue weighted by Gasteiger charge is 2.40. The molecule has 2 fully saturated rings. The number of hydrogen-bond acceptors (Lipinski definition) is 5. The minimum absolute atomic E-state index is 0.0549. The van der Waals surface area contributed by atoms with Crippen molar-refractivity contribution in [1.29, 1.82) is 0 Å². The monoisotopic (exact) mass is 293 g/mol. The zero-order valence-electron chi connectivity index (χ0n) is 11.3. The molecule has 0 N–H and O–H groups in total. The van der Waals surface area contributed by atoms with Gasteiger partial charge in [0, 0.05) is 13.0 Å². The van der Waals surface area contributed by atoms with Crippen LogP contribution >= 0.6 is 18.5 Å². The fourth-order valence-corrected chi connectivity index (χ4v) is 6.73. The first-order valence-electron chi connectivity index (χ1n) is 6.91. The van der Waals surface area contributed by atoms with Crippen LogP contribution in [0.15, 0.2) is 0 Å². The van der Waals surface area contributed by atoms with Crippen LogP contribution in [0.25, 0.3) is 0 Å². The lowest BCUT2D eigenvalue weighted by molar-refractivity contribution is -0.219. The highest BCUT2D eigenvalue weighted by molar-refractivity contribution is 8.57. The van der Waals surface area contributed by atoms with Crippen LogP contribution in [0.2, 0.25) is 0 Å². The minimum atomic E-state index is -2.90. The second-order valence-electron chi connectivity index (χ2n) is 5.26. The van der Waals surface area contributed by atoms with Crippen molar-refractivity contribution in [3.8, 4) is 0 Å². The molecule has 2 aliphatic rings. The van der Waals surface area contributed by atoms with Gasteiger partial charge in [-0.3, -0.25) is 0 Å². The van der Waals surface area contributed by atoms with Gasteiger partial charge in [0.15, 0.2) is 0 Å². The van der Waals surface area contributed by atoms with Crippen molar-refractivity contribution < 1.29 is 13.9 Å². The van der Waals surface area contributed by atoms with Crippen molar-refractivity contribution in [2.75, 3.05) is 26.2 Å².